The molecule has 1 aromatic carbocycles. The maximum atomic E-state index is 6.14. The summed E-state index contributed by atoms with van der Waals surface area (Å²) in [5.74, 6) is 0. The van der Waals surface area contributed by atoms with Crippen LogP contribution in [0.1, 0.15) is 31.2 Å². The van der Waals surface area contributed by atoms with E-state index >= 15 is 0 Å². The van der Waals surface area contributed by atoms with Crippen molar-refractivity contribution in [3.05, 3.63) is 33.3 Å². The average molecular weight is 384 g/mol. The first-order chi connectivity index (χ1) is 8.24. The van der Waals surface area contributed by atoms with Crippen molar-refractivity contribution < 1.29 is 0 Å². The summed E-state index contributed by atoms with van der Waals surface area (Å²) in [4.78, 5) is 0. The van der Waals surface area contributed by atoms with E-state index in [1.165, 1.54) is 25.7 Å². The molecule has 0 aliphatic heterocycles. The van der Waals surface area contributed by atoms with E-state index in [9.17, 15) is 0 Å². The molecule has 1 aromatic rings. The molecule has 0 saturated carbocycles. The van der Waals surface area contributed by atoms with Crippen LogP contribution in [0.25, 0.3) is 0 Å². The van der Waals surface area contributed by atoms with E-state index in [4.69, 9.17) is 11.6 Å². The predicted octanol–water partition coefficient (Wildman–Crippen LogP) is 5.15. The zero-order valence-electron chi connectivity index (χ0n) is 9.82. The Morgan fingerprint density at radius 1 is 1.12 bits per heavy atom. The molecular weight excluding hydrogens is 365 g/mol. The fourth-order valence-electron chi connectivity index (χ4n) is 1.59. The lowest BCUT2D eigenvalue weighted by atomic mass is 10.2. The number of nitrogens with one attached hydrogen (secondary N) is 1. The fraction of sp³-hybridized carbons (Fsp3) is 0.538. The summed E-state index contributed by atoms with van der Waals surface area (Å²) < 4.78 is 1.03. The first-order valence-corrected chi connectivity index (χ1v) is 8.24. The van der Waals surface area contributed by atoms with Crippen molar-refractivity contribution in [1.82, 2.24) is 5.32 Å². The topological polar surface area (TPSA) is 12.0 Å². The highest BCUT2D eigenvalue weighted by Gasteiger charge is 2.00. The van der Waals surface area contributed by atoms with Gasteiger partial charge in [0.05, 0.1) is 0 Å². The molecule has 0 aromatic heterocycles. The van der Waals surface area contributed by atoms with E-state index < -0.39 is 0 Å². The number of alkyl halides is 1. The lowest BCUT2D eigenvalue weighted by Gasteiger charge is -2.07. The first-order valence-electron chi connectivity index (χ1n) is 5.94. The van der Waals surface area contributed by atoms with Gasteiger partial charge in [0.2, 0.25) is 0 Å². The molecule has 0 bridgehead atoms. The Morgan fingerprint density at radius 3 is 2.59 bits per heavy atom. The van der Waals surface area contributed by atoms with Crippen LogP contribution in [-0.2, 0) is 6.54 Å². The molecule has 0 amide bonds. The number of hydrogen-bond acceptors (Lipinski definition) is 1. The monoisotopic (exact) mass is 381 g/mol. The van der Waals surface area contributed by atoms with Gasteiger partial charge in [-0.05, 0) is 37.1 Å². The maximum Gasteiger partial charge on any atom is 0.0462 e. The first kappa shape index (κ1) is 15.5. The number of hydrogen-bond donors (Lipinski definition) is 1. The lowest BCUT2D eigenvalue weighted by molar-refractivity contribution is 0.600. The zero-order valence-corrected chi connectivity index (χ0v) is 13.7. The van der Waals surface area contributed by atoms with Crippen molar-refractivity contribution >= 4 is 43.5 Å². The number of unbranched alkanes of at least 4 members (excludes halogenated alkanes) is 3. The second-order valence-electron chi connectivity index (χ2n) is 4.02. The van der Waals surface area contributed by atoms with Gasteiger partial charge < -0.3 is 5.32 Å². The van der Waals surface area contributed by atoms with Crippen LogP contribution >= 0.6 is 43.5 Å². The average Bonchev–Trinajstić information content (AvgIpc) is 2.30. The smallest absolute Gasteiger partial charge is 0.0462 e. The van der Waals surface area contributed by atoms with Gasteiger partial charge in [-0.15, -0.1) is 0 Å². The summed E-state index contributed by atoms with van der Waals surface area (Å²) in [6.07, 6.45) is 5.12. The molecule has 0 fully saturated rings. The largest absolute Gasteiger partial charge is 0.313 e. The van der Waals surface area contributed by atoms with Gasteiger partial charge in [-0.1, -0.05) is 62.4 Å². The Balaban J connectivity index is 2.14. The third kappa shape index (κ3) is 6.80. The summed E-state index contributed by atoms with van der Waals surface area (Å²) in [5, 5.41) is 5.37. The van der Waals surface area contributed by atoms with Gasteiger partial charge in [-0.3, -0.25) is 0 Å². The molecule has 1 nitrogen and oxygen atoms in total. The van der Waals surface area contributed by atoms with Crippen molar-refractivity contribution in [2.75, 3.05) is 11.9 Å². The molecule has 0 spiro atoms. The predicted molar refractivity (Wildman–Crippen MR) is 83.1 cm³/mol. The summed E-state index contributed by atoms with van der Waals surface area (Å²) >= 11 is 13.0. The van der Waals surface area contributed by atoms with E-state index in [1.807, 2.05) is 12.1 Å². The second-order valence-corrected chi connectivity index (χ2v) is 6.13. The molecule has 0 atom stereocenters. The van der Waals surface area contributed by atoms with E-state index in [0.29, 0.717) is 0 Å². The Morgan fingerprint density at radius 2 is 1.88 bits per heavy atom. The van der Waals surface area contributed by atoms with Gasteiger partial charge in [0.15, 0.2) is 0 Å². The second kappa shape index (κ2) is 9.37. The number of halogens is 3. The van der Waals surface area contributed by atoms with Gasteiger partial charge in [0.1, 0.15) is 0 Å². The summed E-state index contributed by atoms with van der Waals surface area (Å²) in [6.45, 7) is 1.92. The van der Waals surface area contributed by atoms with Gasteiger partial charge >= 0.3 is 0 Å². The molecule has 4 heteroatoms. The van der Waals surface area contributed by atoms with Crippen molar-refractivity contribution in [1.29, 1.82) is 0 Å². The molecule has 0 saturated heterocycles. The molecule has 0 heterocycles. The minimum absolute atomic E-state index is 0.825. The van der Waals surface area contributed by atoms with E-state index in [-0.39, 0.29) is 0 Å². The van der Waals surface area contributed by atoms with Crippen LogP contribution in [0.4, 0.5) is 0 Å². The van der Waals surface area contributed by atoms with E-state index in [1.54, 1.807) is 0 Å². The van der Waals surface area contributed by atoms with Crippen LogP contribution < -0.4 is 5.32 Å². The lowest BCUT2D eigenvalue weighted by Crippen LogP contribution is -2.14. The minimum atomic E-state index is 0.825. The highest BCUT2D eigenvalue weighted by molar-refractivity contribution is 9.10. The van der Waals surface area contributed by atoms with Crippen molar-refractivity contribution in [3.63, 3.8) is 0 Å². The van der Waals surface area contributed by atoms with Crippen LogP contribution in [0, 0.1) is 0 Å². The van der Waals surface area contributed by atoms with Gasteiger partial charge in [0, 0.05) is 21.4 Å². The van der Waals surface area contributed by atoms with Crippen LogP contribution in [0.2, 0.25) is 5.02 Å². The summed E-state index contributed by atoms with van der Waals surface area (Å²) in [5.41, 5.74) is 1.16. The van der Waals surface area contributed by atoms with Crippen LogP contribution in [0.3, 0.4) is 0 Å². The zero-order chi connectivity index (χ0) is 12.5. The maximum absolute atomic E-state index is 6.14. The Kier molecular flexibility index (Phi) is 8.54. The fourth-order valence-corrected chi connectivity index (χ4v) is 2.72. The summed E-state index contributed by atoms with van der Waals surface area (Å²) in [7, 11) is 0. The highest BCUT2D eigenvalue weighted by atomic mass is 79.9. The normalized spacial score (nSPS) is 10.8. The SMILES string of the molecule is Clc1cc(Br)ccc1CNCCCCCCBr. The van der Waals surface area contributed by atoms with Crippen LogP contribution in [0.5, 0.6) is 0 Å². The van der Waals surface area contributed by atoms with Crippen LogP contribution in [-0.4, -0.2) is 11.9 Å². The standard InChI is InChI=1S/C13H18Br2ClN/c14-7-3-1-2-4-8-17-10-11-5-6-12(15)9-13(11)16/h5-6,9,17H,1-4,7-8,10H2. The Hall–Kier alpha value is 0.430. The van der Waals surface area contributed by atoms with Crippen molar-refractivity contribution in [2.45, 2.75) is 32.2 Å². The molecular formula is C13H18Br2ClN. The van der Waals surface area contributed by atoms with Crippen LogP contribution in [0.15, 0.2) is 22.7 Å². The van der Waals surface area contributed by atoms with Crippen molar-refractivity contribution in [3.8, 4) is 0 Å². The van der Waals surface area contributed by atoms with E-state index in [0.717, 1.165) is 33.5 Å². The Bertz CT molecular complexity index is 331. The number of benzene rings is 1. The molecule has 0 unspecified atom stereocenters. The molecule has 1 N–H and O–H groups in total. The quantitative estimate of drug-likeness (QED) is 0.484. The van der Waals surface area contributed by atoms with Gasteiger partial charge in [-0.2, -0.15) is 0 Å². The Labute approximate surface area is 126 Å². The van der Waals surface area contributed by atoms with Gasteiger partial charge in [0.25, 0.3) is 0 Å². The molecule has 0 aliphatic carbocycles. The molecule has 0 aliphatic rings. The molecule has 17 heavy (non-hydrogen) atoms. The van der Waals surface area contributed by atoms with Gasteiger partial charge in [-0.25, -0.2) is 0 Å². The third-order valence-electron chi connectivity index (χ3n) is 2.57. The molecule has 96 valence electrons. The highest BCUT2D eigenvalue weighted by Crippen LogP contribution is 2.21. The number of rotatable bonds is 8. The van der Waals surface area contributed by atoms with E-state index in [2.05, 4.69) is 43.2 Å². The van der Waals surface area contributed by atoms with Crippen molar-refractivity contribution in [2.24, 2.45) is 0 Å². The minimum Gasteiger partial charge on any atom is -0.313 e. The molecule has 0 radical (unpaired) electrons. The summed E-state index contributed by atoms with van der Waals surface area (Å²) in [6, 6.07) is 6.03. The molecule has 1 rings (SSSR count). The third-order valence-corrected chi connectivity index (χ3v) is 3.97.